The normalized spacial score (nSPS) is 11.2. The fourth-order valence-electron chi connectivity index (χ4n) is 3.70. The lowest BCUT2D eigenvalue weighted by atomic mass is 9.96. The summed E-state index contributed by atoms with van der Waals surface area (Å²) in [4.78, 5) is 17.3. The summed E-state index contributed by atoms with van der Waals surface area (Å²) in [5.41, 5.74) is 5.69. The minimum absolute atomic E-state index is 0.219. The molecule has 0 atom stereocenters. The van der Waals surface area contributed by atoms with Gasteiger partial charge in [-0.1, -0.05) is 47.5 Å². The van der Waals surface area contributed by atoms with Gasteiger partial charge in [-0.2, -0.15) is 0 Å². The number of pyridine rings is 1. The first-order valence-corrected chi connectivity index (χ1v) is 10.4. The molecule has 0 saturated carbocycles. The van der Waals surface area contributed by atoms with Crippen LogP contribution in [0.1, 0.15) is 16.7 Å². The van der Waals surface area contributed by atoms with Crippen LogP contribution in [-0.4, -0.2) is 21.1 Å². The maximum absolute atomic E-state index is 12.7. The Morgan fingerprint density at radius 1 is 1.03 bits per heavy atom. The summed E-state index contributed by atoms with van der Waals surface area (Å²) in [5.74, 6) is -0.835. The Labute approximate surface area is 190 Å². The summed E-state index contributed by atoms with van der Waals surface area (Å²) in [6.07, 6.45) is 4.54. The lowest BCUT2D eigenvalue weighted by Gasteiger charge is -2.16. The molecule has 5 nitrogen and oxygen atoms in total. The highest BCUT2D eigenvalue weighted by Crippen LogP contribution is 2.39. The maximum Gasteiger partial charge on any atom is 0.248 e. The number of carbonyl (C=O) groups is 1. The highest BCUT2D eigenvalue weighted by Gasteiger charge is 2.16. The first kappa shape index (κ1) is 21.4. The number of nitrogens with one attached hydrogen (secondary N) is 1. The van der Waals surface area contributed by atoms with E-state index in [0.29, 0.717) is 16.3 Å². The van der Waals surface area contributed by atoms with Crippen molar-refractivity contribution in [3.8, 4) is 22.6 Å². The number of rotatable bonds is 4. The first-order valence-electron chi connectivity index (χ1n) is 9.99. The number of phenols is 2. The average molecular weight is 445 g/mol. The van der Waals surface area contributed by atoms with E-state index >= 15 is 0 Å². The molecule has 0 radical (unpaired) electrons. The zero-order valence-corrected chi connectivity index (χ0v) is 18.3. The smallest absolute Gasteiger partial charge is 0.248 e. The molecule has 6 heteroatoms. The van der Waals surface area contributed by atoms with Crippen molar-refractivity contribution in [3.63, 3.8) is 0 Å². The summed E-state index contributed by atoms with van der Waals surface area (Å²) in [7, 11) is 0. The molecule has 1 heterocycles. The van der Waals surface area contributed by atoms with Crippen LogP contribution in [0.5, 0.6) is 11.5 Å². The minimum Gasteiger partial charge on any atom is -0.504 e. The molecule has 0 aliphatic carbocycles. The Morgan fingerprint density at radius 2 is 1.81 bits per heavy atom. The molecule has 32 heavy (non-hydrogen) atoms. The Hall–Kier alpha value is -3.83. The van der Waals surface area contributed by atoms with Gasteiger partial charge in [0.2, 0.25) is 5.91 Å². The van der Waals surface area contributed by atoms with Gasteiger partial charge in [-0.05, 0) is 55.3 Å². The van der Waals surface area contributed by atoms with Gasteiger partial charge in [0, 0.05) is 27.6 Å². The van der Waals surface area contributed by atoms with Gasteiger partial charge in [-0.25, -0.2) is 0 Å². The number of hydrogen-bond acceptors (Lipinski definition) is 4. The monoisotopic (exact) mass is 444 g/mol. The van der Waals surface area contributed by atoms with E-state index in [1.165, 1.54) is 18.2 Å². The Morgan fingerprint density at radius 3 is 2.56 bits per heavy atom. The van der Waals surface area contributed by atoms with Gasteiger partial charge in [0.05, 0.1) is 17.4 Å². The number of aromatic nitrogens is 1. The summed E-state index contributed by atoms with van der Waals surface area (Å²) in [6, 6.07) is 15.9. The van der Waals surface area contributed by atoms with Gasteiger partial charge in [-0.3, -0.25) is 9.78 Å². The van der Waals surface area contributed by atoms with Crippen molar-refractivity contribution < 1.29 is 15.0 Å². The fraction of sp³-hybridized carbons (Fsp3) is 0.0769. The lowest BCUT2D eigenvalue weighted by Crippen LogP contribution is -2.10. The van der Waals surface area contributed by atoms with Crippen molar-refractivity contribution in [1.82, 2.24) is 4.98 Å². The molecule has 3 N–H and O–H groups in total. The average Bonchev–Trinajstić information content (AvgIpc) is 2.75. The summed E-state index contributed by atoms with van der Waals surface area (Å²) in [5, 5.41) is 23.4. The van der Waals surface area contributed by atoms with E-state index in [-0.39, 0.29) is 17.4 Å². The third-order valence-corrected chi connectivity index (χ3v) is 5.46. The van der Waals surface area contributed by atoms with Crippen molar-refractivity contribution in [2.24, 2.45) is 0 Å². The molecule has 0 saturated heterocycles. The van der Waals surface area contributed by atoms with E-state index in [0.717, 1.165) is 33.2 Å². The molecule has 1 amide bonds. The highest BCUT2D eigenvalue weighted by atomic mass is 35.5. The van der Waals surface area contributed by atoms with Crippen molar-refractivity contribution in [1.29, 1.82) is 0 Å². The Kier molecular flexibility index (Phi) is 5.84. The van der Waals surface area contributed by atoms with Crippen LogP contribution in [0.2, 0.25) is 5.02 Å². The van der Waals surface area contributed by atoms with Crippen molar-refractivity contribution in [2.75, 3.05) is 5.32 Å². The summed E-state index contributed by atoms with van der Waals surface area (Å²) in [6.45, 7) is 4.02. The number of nitrogens with zero attached hydrogens (tertiary/aromatic N) is 1. The van der Waals surface area contributed by atoms with Crippen LogP contribution in [0.15, 0.2) is 66.9 Å². The highest BCUT2D eigenvalue weighted by molar-refractivity contribution is 6.34. The van der Waals surface area contributed by atoms with Crippen LogP contribution in [0.25, 0.3) is 28.1 Å². The van der Waals surface area contributed by atoms with E-state index < -0.39 is 0 Å². The lowest BCUT2D eigenvalue weighted by molar-refractivity contribution is -0.111. The molecule has 3 aromatic carbocycles. The number of aromatic hydroxyl groups is 2. The van der Waals surface area contributed by atoms with E-state index in [4.69, 9.17) is 11.6 Å². The molecule has 0 unspecified atom stereocenters. The van der Waals surface area contributed by atoms with Gasteiger partial charge in [0.1, 0.15) is 0 Å². The molecule has 1 aromatic heterocycles. The first-order chi connectivity index (χ1) is 15.3. The van der Waals surface area contributed by atoms with Gasteiger partial charge in [0.15, 0.2) is 11.5 Å². The molecule has 0 bridgehead atoms. The molecule has 0 fully saturated rings. The quantitative estimate of drug-likeness (QED) is 0.257. The third-order valence-electron chi connectivity index (χ3n) is 5.13. The molecular formula is C26H21ClN2O3. The molecule has 0 aliphatic rings. The number of halogens is 1. The van der Waals surface area contributed by atoms with Crippen LogP contribution in [0.4, 0.5) is 5.69 Å². The maximum atomic E-state index is 12.7. The van der Waals surface area contributed by atoms with Crippen molar-refractivity contribution in [3.05, 3.63) is 88.6 Å². The van der Waals surface area contributed by atoms with Crippen LogP contribution < -0.4 is 5.32 Å². The molecule has 0 spiro atoms. The largest absolute Gasteiger partial charge is 0.504 e. The van der Waals surface area contributed by atoms with Gasteiger partial charge in [0.25, 0.3) is 0 Å². The summed E-state index contributed by atoms with van der Waals surface area (Å²) >= 11 is 6.52. The Balaban J connectivity index is 1.77. The number of phenolic OH excluding ortho intramolecular Hbond substituents is 2. The number of amides is 1. The molecule has 4 rings (SSSR count). The second kappa shape index (κ2) is 8.73. The zero-order valence-electron chi connectivity index (χ0n) is 17.6. The summed E-state index contributed by atoms with van der Waals surface area (Å²) < 4.78 is 0. The predicted octanol–water partition coefficient (Wildman–Crippen LogP) is 6.24. The SMILES string of the molecule is Cc1cc(C)c2ncc(NC(=O)C=Cc3ccc(O)c(O)c3)c(-c3ccccc3Cl)c2c1. The minimum atomic E-state index is -0.364. The standard InChI is InChI=1S/C26H21ClN2O3/c1-15-11-16(2)26-19(12-15)25(18-5-3-4-6-20(18)27)21(14-28-26)29-24(32)10-8-17-7-9-22(30)23(31)13-17/h3-14,30-31H,1-2H3,(H,29,32). The van der Waals surface area contributed by atoms with Gasteiger partial charge < -0.3 is 15.5 Å². The number of anilines is 1. The van der Waals surface area contributed by atoms with Crippen LogP contribution >= 0.6 is 11.6 Å². The van der Waals surface area contributed by atoms with E-state index in [1.807, 2.05) is 44.2 Å². The van der Waals surface area contributed by atoms with E-state index in [9.17, 15) is 15.0 Å². The van der Waals surface area contributed by atoms with E-state index in [1.54, 1.807) is 18.3 Å². The van der Waals surface area contributed by atoms with Gasteiger partial charge >= 0.3 is 0 Å². The predicted molar refractivity (Wildman–Crippen MR) is 129 cm³/mol. The van der Waals surface area contributed by atoms with E-state index in [2.05, 4.69) is 16.4 Å². The molecule has 160 valence electrons. The number of fused-ring (bicyclic) bond motifs is 1. The third kappa shape index (κ3) is 4.29. The number of carbonyl (C=O) groups excluding carboxylic acids is 1. The van der Waals surface area contributed by atoms with Crippen molar-refractivity contribution in [2.45, 2.75) is 13.8 Å². The number of benzene rings is 3. The zero-order chi connectivity index (χ0) is 22.8. The van der Waals surface area contributed by atoms with Gasteiger partial charge in [-0.15, -0.1) is 0 Å². The van der Waals surface area contributed by atoms with Crippen molar-refractivity contribution >= 4 is 40.2 Å². The number of hydrogen-bond donors (Lipinski definition) is 3. The fourth-order valence-corrected chi connectivity index (χ4v) is 3.93. The van der Waals surface area contributed by atoms with Crippen LogP contribution in [0, 0.1) is 13.8 Å². The van der Waals surface area contributed by atoms with Crippen LogP contribution in [-0.2, 0) is 4.79 Å². The molecule has 0 aliphatic heterocycles. The number of aryl methyl sites for hydroxylation is 2. The topological polar surface area (TPSA) is 82.5 Å². The molecular weight excluding hydrogens is 424 g/mol. The van der Waals surface area contributed by atoms with Crippen LogP contribution in [0.3, 0.4) is 0 Å². The Bertz CT molecular complexity index is 1380. The second-order valence-corrected chi connectivity index (χ2v) is 7.98. The second-order valence-electron chi connectivity index (χ2n) is 7.58. The molecule has 4 aromatic rings.